The van der Waals surface area contributed by atoms with E-state index in [1.807, 2.05) is 0 Å². The molecule has 0 aliphatic heterocycles. The first-order valence-electron chi connectivity index (χ1n) is 6.94. The van der Waals surface area contributed by atoms with Gasteiger partial charge in [0, 0.05) is 18.1 Å². The first kappa shape index (κ1) is 14.0. The summed E-state index contributed by atoms with van der Waals surface area (Å²) in [5, 5.41) is 0. The van der Waals surface area contributed by atoms with E-state index in [-0.39, 0.29) is 5.54 Å². The van der Waals surface area contributed by atoms with Gasteiger partial charge >= 0.3 is 0 Å². The summed E-state index contributed by atoms with van der Waals surface area (Å²) in [7, 11) is 0. The molecular formula is C14H30N2. The van der Waals surface area contributed by atoms with Crippen molar-refractivity contribution >= 4 is 0 Å². The molecule has 2 nitrogen and oxygen atoms in total. The van der Waals surface area contributed by atoms with Crippen molar-refractivity contribution in [2.75, 3.05) is 13.1 Å². The third-order valence-electron chi connectivity index (χ3n) is 3.99. The second-order valence-electron chi connectivity index (χ2n) is 6.33. The van der Waals surface area contributed by atoms with E-state index < -0.39 is 0 Å². The van der Waals surface area contributed by atoms with E-state index >= 15 is 0 Å². The number of nitrogens with two attached hydrogens (primary N) is 1. The Morgan fingerprint density at radius 1 is 1.25 bits per heavy atom. The van der Waals surface area contributed by atoms with E-state index in [0.717, 1.165) is 18.5 Å². The molecule has 0 aromatic rings. The molecule has 1 rings (SSSR count). The largest absolute Gasteiger partial charge is 0.329 e. The summed E-state index contributed by atoms with van der Waals surface area (Å²) in [5.41, 5.74) is 6.11. The Balaban J connectivity index is 2.60. The first-order valence-corrected chi connectivity index (χ1v) is 6.94. The maximum Gasteiger partial charge on any atom is 0.0278 e. The van der Waals surface area contributed by atoms with Gasteiger partial charge in [-0.05, 0) is 45.6 Å². The highest BCUT2D eigenvalue weighted by Crippen LogP contribution is 2.29. The van der Waals surface area contributed by atoms with Crippen LogP contribution in [0.25, 0.3) is 0 Å². The zero-order valence-corrected chi connectivity index (χ0v) is 11.6. The van der Waals surface area contributed by atoms with Gasteiger partial charge in [-0.15, -0.1) is 0 Å². The van der Waals surface area contributed by atoms with Crippen LogP contribution in [0.4, 0.5) is 0 Å². The fourth-order valence-electron chi connectivity index (χ4n) is 2.71. The van der Waals surface area contributed by atoms with Crippen molar-refractivity contribution in [1.29, 1.82) is 0 Å². The molecule has 0 spiro atoms. The Labute approximate surface area is 102 Å². The molecule has 0 bridgehead atoms. The maximum atomic E-state index is 5.94. The lowest BCUT2D eigenvalue weighted by Crippen LogP contribution is -2.53. The summed E-state index contributed by atoms with van der Waals surface area (Å²) >= 11 is 0. The third kappa shape index (κ3) is 3.74. The smallest absolute Gasteiger partial charge is 0.0278 e. The fourth-order valence-corrected chi connectivity index (χ4v) is 2.71. The second-order valence-corrected chi connectivity index (χ2v) is 6.33. The van der Waals surface area contributed by atoms with Gasteiger partial charge in [0.05, 0.1) is 0 Å². The Morgan fingerprint density at radius 3 is 2.25 bits per heavy atom. The summed E-state index contributed by atoms with van der Waals surface area (Å²) in [6.07, 6.45) is 6.86. The fraction of sp³-hybridized carbons (Fsp3) is 1.00. The number of rotatable bonds is 6. The molecule has 0 amide bonds. The minimum absolute atomic E-state index is 0.171. The highest BCUT2D eigenvalue weighted by molar-refractivity contribution is 4.89. The average Bonchev–Trinajstić information content (AvgIpc) is 2.70. The number of nitrogens with zero attached hydrogens (tertiary/aromatic N) is 1. The molecular weight excluding hydrogens is 196 g/mol. The van der Waals surface area contributed by atoms with Crippen molar-refractivity contribution in [3.8, 4) is 0 Å². The van der Waals surface area contributed by atoms with Gasteiger partial charge in [-0.2, -0.15) is 0 Å². The average molecular weight is 226 g/mol. The van der Waals surface area contributed by atoms with Crippen LogP contribution in [0.15, 0.2) is 0 Å². The van der Waals surface area contributed by atoms with E-state index in [9.17, 15) is 0 Å². The minimum Gasteiger partial charge on any atom is -0.329 e. The van der Waals surface area contributed by atoms with Gasteiger partial charge in [-0.25, -0.2) is 0 Å². The van der Waals surface area contributed by atoms with Gasteiger partial charge in [-0.3, -0.25) is 4.90 Å². The van der Waals surface area contributed by atoms with Crippen molar-refractivity contribution in [3.63, 3.8) is 0 Å². The molecule has 16 heavy (non-hydrogen) atoms. The minimum atomic E-state index is 0.171. The van der Waals surface area contributed by atoms with Crippen LogP contribution in [0.3, 0.4) is 0 Å². The monoisotopic (exact) mass is 226 g/mol. The molecule has 0 heterocycles. The van der Waals surface area contributed by atoms with E-state index in [2.05, 4.69) is 32.6 Å². The van der Waals surface area contributed by atoms with Crippen LogP contribution in [-0.4, -0.2) is 29.6 Å². The lowest BCUT2D eigenvalue weighted by molar-refractivity contribution is 0.0712. The van der Waals surface area contributed by atoms with Crippen molar-refractivity contribution < 1.29 is 0 Å². The molecule has 0 aromatic heterocycles. The quantitative estimate of drug-likeness (QED) is 0.754. The lowest BCUT2D eigenvalue weighted by atomic mass is 9.97. The van der Waals surface area contributed by atoms with Crippen LogP contribution in [-0.2, 0) is 0 Å². The van der Waals surface area contributed by atoms with Gasteiger partial charge in [0.25, 0.3) is 0 Å². The standard InChI is InChI=1S/C14H30N2/c1-12(2)9-10-16(14(3,4)11-15)13-7-5-6-8-13/h12-13H,5-11,15H2,1-4H3. The van der Waals surface area contributed by atoms with Gasteiger partial charge in [0.15, 0.2) is 0 Å². The van der Waals surface area contributed by atoms with Crippen LogP contribution >= 0.6 is 0 Å². The number of hydrogen-bond acceptors (Lipinski definition) is 2. The van der Waals surface area contributed by atoms with Crippen molar-refractivity contribution in [2.45, 2.75) is 71.4 Å². The third-order valence-corrected chi connectivity index (χ3v) is 3.99. The SMILES string of the molecule is CC(C)CCN(C1CCCC1)C(C)(C)CN. The zero-order valence-electron chi connectivity index (χ0n) is 11.6. The lowest BCUT2D eigenvalue weighted by Gasteiger charge is -2.42. The van der Waals surface area contributed by atoms with Crippen molar-refractivity contribution in [3.05, 3.63) is 0 Å². The molecule has 1 aliphatic carbocycles. The van der Waals surface area contributed by atoms with E-state index in [1.54, 1.807) is 0 Å². The molecule has 1 saturated carbocycles. The Hall–Kier alpha value is -0.0800. The molecule has 1 aliphatic rings. The molecule has 2 heteroatoms. The van der Waals surface area contributed by atoms with Crippen LogP contribution in [0, 0.1) is 5.92 Å². The van der Waals surface area contributed by atoms with Crippen LogP contribution < -0.4 is 5.73 Å². The topological polar surface area (TPSA) is 29.3 Å². The Morgan fingerprint density at radius 2 is 1.81 bits per heavy atom. The molecule has 0 aromatic carbocycles. The molecule has 96 valence electrons. The number of hydrogen-bond donors (Lipinski definition) is 1. The van der Waals surface area contributed by atoms with Crippen LogP contribution in [0.2, 0.25) is 0 Å². The van der Waals surface area contributed by atoms with Crippen LogP contribution in [0.1, 0.15) is 59.8 Å². The highest BCUT2D eigenvalue weighted by atomic mass is 15.2. The predicted molar refractivity (Wildman–Crippen MR) is 71.6 cm³/mol. The van der Waals surface area contributed by atoms with Gasteiger partial charge in [-0.1, -0.05) is 26.7 Å². The molecule has 1 fully saturated rings. The van der Waals surface area contributed by atoms with Gasteiger partial charge < -0.3 is 5.73 Å². The zero-order chi connectivity index (χ0) is 12.2. The summed E-state index contributed by atoms with van der Waals surface area (Å²) in [6.45, 7) is 11.2. The van der Waals surface area contributed by atoms with E-state index in [1.165, 1.54) is 38.6 Å². The summed E-state index contributed by atoms with van der Waals surface area (Å²) < 4.78 is 0. The molecule has 0 radical (unpaired) electrons. The Bertz CT molecular complexity index is 193. The Kier molecular flexibility index (Phi) is 5.26. The molecule has 0 saturated heterocycles. The molecule has 0 atom stereocenters. The maximum absolute atomic E-state index is 5.94. The van der Waals surface area contributed by atoms with Crippen LogP contribution in [0.5, 0.6) is 0 Å². The predicted octanol–water partition coefficient (Wildman–Crippen LogP) is 3.01. The second kappa shape index (κ2) is 6.02. The summed E-state index contributed by atoms with van der Waals surface area (Å²) in [4.78, 5) is 2.68. The van der Waals surface area contributed by atoms with Crippen molar-refractivity contribution in [2.24, 2.45) is 11.7 Å². The van der Waals surface area contributed by atoms with E-state index in [0.29, 0.717) is 0 Å². The highest BCUT2D eigenvalue weighted by Gasteiger charge is 2.32. The molecule has 0 unspecified atom stereocenters. The first-order chi connectivity index (χ1) is 7.47. The van der Waals surface area contributed by atoms with E-state index in [4.69, 9.17) is 5.73 Å². The van der Waals surface area contributed by atoms with Gasteiger partial charge in [0.1, 0.15) is 0 Å². The van der Waals surface area contributed by atoms with Gasteiger partial charge in [0.2, 0.25) is 0 Å². The molecule has 2 N–H and O–H groups in total. The summed E-state index contributed by atoms with van der Waals surface area (Å²) in [6, 6.07) is 0.789. The normalized spacial score (nSPS) is 18.9. The van der Waals surface area contributed by atoms with Crippen molar-refractivity contribution in [1.82, 2.24) is 4.90 Å². The summed E-state index contributed by atoms with van der Waals surface area (Å²) in [5.74, 6) is 0.789.